The number of primary amides is 1. The minimum Gasteiger partial charge on any atom is -0.351 e. The number of hydrogen-bond donors (Lipinski definition) is 2. The zero-order chi connectivity index (χ0) is 12.7. The first kappa shape index (κ1) is 14.2. The molecule has 0 aromatic rings. The number of urea groups is 1. The van der Waals surface area contributed by atoms with E-state index in [9.17, 15) is 4.79 Å². The van der Waals surface area contributed by atoms with E-state index in [4.69, 9.17) is 5.73 Å². The third kappa shape index (κ3) is 5.86. The van der Waals surface area contributed by atoms with Crippen molar-refractivity contribution in [1.82, 2.24) is 20.0 Å². The maximum absolute atomic E-state index is 10.6. The van der Waals surface area contributed by atoms with Crippen molar-refractivity contribution in [2.24, 2.45) is 5.73 Å². The van der Waals surface area contributed by atoms with Gasteiger partial charge in [-0.25, -0.2) is 4.79 Å². The Morgan fingerprint density at radius 2 is 1.41 bits per heavy atom. The summed E-state index contributed by atoms with van der Waals surface area (Å²) >= 11 is 0. The molecule has 0 radical (unpaired) electrons. The first-order chi connectivity index (χ1) is 8.09. The minimum atomic E-state index is -0.298. The van der Waals surface area contributed by atoms with Crippen LogP contribution >= 0.6 is 0 Å². The topological polar surface area (TPSA) is 64.8 Å². The van der Waals surface area contributed by atoms with Crippen LogP contribution in [-0.4, -0.2) is 87.2 Å². The highest BCUT2D eigenvalue weighted by Gasteiger charge is 2.15. The van der Waals surface area contributed by atoms with E-state index < -0.39 is 0 Å². The molecule has 0 aromatic carbocycles. The standard InChI is InChI=1S/C6H13N3O.C5H12N2/c1-8-2-4-9(5-3-8)6(7)10;1-7-4-2-6-3-5-7/h2-5H2,1H3,(H2,7,10);6H,2-5H2,1H3. The summed E-state index contributed by atoms with van der Waals surface area (Å²) in [7, 11) is 4.19. The number of carbonyl (C=O) groups is 1. The van der Waals surface area contributed by atoms with Gasteiger partial charge in [-0.15, -0.1) is 0 Å². The van der Waals surface area contributed by atoms with E-state index in [1.54, 1.807) is 4.90 Å². The van der Waals surface area contributed by atoms with Crippen LogP contribution in [0.5, 0.6) is 0 Å². The summed E-state index contributed by atoms with van der Waals surface area (Å²) in [5.41, 5.74) is 5.08. The van der Waals surface area contributed by atoms with Gasteiger partial charge in [0.15, 0.2) is 0 Å². The Balaban J connectivity index is 0.000000181. The number of piperazine rings is 2. The summed E-state index contributed by atoms with van der Waals surface area (Å²) in [4.78, 5) is 16.8. The fourth-order valence-electron chi connectivity index (χ4n) is 1.80. The van der Waals surface area contributed by atoms with Crippen LogP contribution < -0.4 is 11.1 Å². The van der Waals surface area contributed by atoms with Gasteiger partial charge in [-0.05, 0) is 14.1 Å². The average molecular weight is 243 g/mol. The molecule has 100 valence electrons. The Morgan fingerprint density at radius 1 is 0.941 bits per heavy atom. The Labute approximate surface area is 104 Å². The quantitative estimate of drug-likeness (QED) is 0.563. The smallest absolute Gasteiger partial charge is 0.314 e. The fraction of sp³-hybridized carbons (Fsp3) is 0.909. The van der Waals surface area contributed by atoms with E-state index in [1.165, 1.54) is 13.1 Å². The second-order valence-corrected chi connectivity index (χ2v) is 4.68. The van der Waals surface area contributed by atoms with Crippen molar-refractivity contribution < 1.29 is 4.79 Å². The lowest BCUT2D eigenvalue weighted by molar-refractivity contribution is 0.161. The molecule has 2 aliphatic heterocycles. The molecule has 6 nitrogen and oxygen atoms in total. The SMILES string of the molecule is CN1CCN(C(N)=O)CC1.CN1CCNCC1. The zero-order valence-corrected chi connectivity index (χ0v) is 11.0. The number of rotatable bonds is 0. The highest BCUT2D eigenvalue weighted by Crippen LogP contribution is 1.97. The monoisotopic (exact) mass is 243 g/mol. The van der Waals surface area contributed by atoms with Crippen LogP contribution in [0.4, 0.5) is 4.79 Å². The van der Waals surface area contributed by atoms with Gasteiger partial charge in [0.25, 0.3) is 0 Å². The first-order valence-corrected chi connectivity index (χ1v) is 6.22. The van der Waals surface area contributed by atoms with Gasteiger partial charge < -0.3 is 25.8 Å². The predicted molar refractivity (Wildman–Crippen MR) is 69.0 cm³/mol. The summed E-state index contributed by atoms with van der Waals surface area (Å²) in [5.74, 6) is 0. The molecule has 3 N–H and O–H groups in total. The van der Waals surface area contributed by atoms with Crippen molar-refractivity contribution in [3.8, 4) is 0 Å². The lowest BCUT2D eigenvalue weighted by Crippen LogP contribution is -2.49. The largest absolute Gasteiger partial charge is 0.351 e. The molecule has 0 spiro atoms. The molecule has 2 aliphatic rings. The molecule has 0 atom stereocenters. The second kappa shape index (κ2) is 7.47. The number of nitrogens with one attached hydrogen (secondary N) is 1. The molecule has 2 rings (SSSR count). The van der Waals surface area contributed by atoms with Crippen LogP contribution in [0.1, 0.15) is 0 Å². The van der Waals surface area contributed by atoms with Gasteiger partial charge in [0.2, 0.25) is 0 Å². The van der Waals surface area contributed by atoms with Gasteiger partial charge >= 0.3 is 6.03 Å². The summed E-state index contributed by atoms with van der Waals surface area (Å²) < 4.78 is 0. The molecule has 2 fully saturated rings. The van der Waals surface area contributed by atoms with Gasteiger partial charge in [-0.2, -0.15) is 0 Å². The Morgan fingerprint density at radius 3 is 1.76 bits per heavy atom. The molecule has 0 unspecified atom stereocenters. The van der Waals surface area contributed by atoms with E-state index in [0.29, 0.717) is 0 Å². The zero-order valence-electron chi connectivity index (χ0n) is 11.0. The van der Waals surface area contributed by atoms with Crippen LogP contribution in [0, 0.1) is 0 Å². The predicted octanol–water partition coefficient (Wildman–Crippen LogP) is -1.17. The van der Waals surface area contributed by atoms with Crippen molar-refractivity contribution >= 4 is 6.03 Å². The number of hydrogen-bond acceptors (Lipinski definition) is 4. The Kier molecular flexibility index (Phi) is 6.25. The first-order valence-electron chi connectivity index (χ1n) is 6.22. The van der Waals surface area contributed by atoms with Crippen LogP contribution in [0.2, 0.25) is 0 Å². The molecule has 0 aromatic heterocycles. The van der Waals surface area contributed by atoms with Crippen LogP contribution in [0.15, 0.2) is 0 Å². The second-order valence-electron chi connectivity index (χ2n) is 4.68. The number of amides is 2. The third-order valence-corrected chi connectivity index (χ3v) is 3.16. The van der Waals surface area contributed by atoms with Crippen LogP contribution in [-0.2, 0) is 0 Å². The summed E-state index contributed by atoms with van der Waals surface area (Å²) in [6, 6.07) is -0.298. The van der Waals surface area contributed by atoms with E-state index in [1.807, 2.05) is 7.05 Å². The number of carbonyl (C=O) groups excluding carboxylic acids is 1. The van der Waals surface area contributed by atoms with Crippen LogP contribution in [0.25, 0.3) is 0 Å². The molecular weight excluding hydrogens is 218 g/mol. The number of likely N-dealkylation sites (N-methyl/N-ethyl adjacent to an activating group) is 2. The Hall–Kier alpha value is -0.850. The summed E-state index contributed by atoms with van der Waals surface area (Å²) in [6.07, 6.45) is 0. The molecule has 17 heavy (non-hydrogen) atoms. The normalized spacial score (nSPS) is 22.8. The molecule has 0 bridgehead atoms. The highest BCUT2D eigenvalue weighted by atomic mass is 16.2. The molecule has 0 aliphatic carbocycles. The molecule has 2 saturated heterocycles. The average Bonchev–Trinajstić information content (AvgIpc) is 2.31. The van der Waals surface area contributed by atoms with E-state index in [2.05, 4.69) is 22.2 Å². The number of nitrogens with zero attached hydrogens (tertiary/aromatic N) is 3. The van der Waals surface area contributed by atoms with Gasteiger partial charge in [-0.1, -0.05) is 0 Å². The molecule has 6 heteroatoms. The van der Waals surface area contributed by atoms with Crippen molar-refractivity contribution in [2.45, 2.75) is 0 Å². The van der Waals surface area contributed by atoms with Gasteiger partial charge in [0.1, 0.15) is 0 Å². The van der Waals surface area contributed by atoms with Crippen molar-refractivity contribution in [1.29, 1.82) is 0 Å². The molecule has 2 heterocycles. The molecule has 0 saturated carbocycles. The van der Waals surface area contributed by atoms with Gasteiger partial charge in [0.05, 0.1) is 0 Å². The summed E-state index contributed by atoms with van der Waals surface area (Å²) in [5, 5.41) is 3.27. The van der Waals surface area contributed by atoms with Crippen LogP contribution in [0.3, 0.4) is 0 Å². The lowest BCUT2D eigenvalue weighted by atomic mass is 10.3. The lowest BCUT2D eigenvalue weighted by Gasteiger charge is -2.30. The maximum Gasteiger partial charge on any atom is 0.314 e. The maximum atomic E-state index is 10.6. The van der Waals surface area contributed by atoms with Gasteiger partial charge in [-0.3, -0.25) is 0 Å². The van der Waals surface area contributed by atoms with Crippen molar-refractivity contribution in [2.75, 3.05) is 66.5 Å². The molecular formula is C11H25N5O. The minimum absolute atomic E-state index is 0.298. The molecule has 2 amide bonds. The van der Waals surface area contributed by atoms with Crippen molar-refractivity contribution in [3.05, 3.63) is 0 Å². The Bertz CT molecular complexity index is 222. The van der Waals surface area contributed by atoms with E-state index in [-0.39, 0.29) is 6.03 Å². The summed E-state index contributed by atoms with van der Waals surface area (Å²) in [6.45, 7) is 8.15. The third-order valence-electron chi connectivity index (χ3n) is 3.16. The number of nitrogens with two attached hydrogens (primary N) is 1. The van der Waals surface area contributed by atoms with Gasteiger partial charge in [0, 0.05) is 52.4 Å². The van der Waals surface area contributed by atoms with E-state index in [0.717, 1.165) is 39.3 Å². The van der Waals surface area contributed by atoms with Crippen molar-refractivity contribution in [3.63, 3.8) is 0 Å². The highest BCUT2D eigenvalue weighted by molar-refractivity contribution is 5.72. The van der Waals surface area contributed by atoms with E-state index >= 15 is 0 Å². The fourth-order valence-corrected chi connectivity index (χ4v) is 1.80.